The summed E-state index contributed by atoms with van der Waals surface area (Å²) in [6.45, 7) is 0. The maximum Gasteiger partial charge on any atom is 0.305 e. The van der Waals surface area contributed by atoms with Crippen LogP contribution in [-0.4, -0.2) is 40.7 Å². The summed E-state index contributed by atoms with van der Waals surface area (Å²) in [7, 11) is 1.47. The van der Waals surface area contributed by atoms with Gasteiger partial charge in [-0.3, -0.25) is 14.4 Å². The predicted octanol–water partition coefficient (Wildman–Crippen LogP) is 1.58. The molecule has 1 aromatic carbocycles. The molecule has 2 rings (SSSR count). The van der Waals surface area contributed by atoms with Crippen molar-refractivity contribution in [3.05, 3.63) is 34.9 Å². The van der Waals surface area contributed by atoms with Crippen molar-refractivity contribution in [3.8, 4) is 0 Å². The molecule has 0 aromatic heterocycles. The number of aliphatic carboxylic acids is 1. The molecule has 0 spiro atoms. The molecular formula is C15H16ClN3O4. The summed E-state index contributed by atoms with van der Waals surface area (Å²) in [4.78, 5) is 34.8. The molecule has 1 aliphatic rings. The Kier molecular flexibility index (Phi) is 5.33. The molecule has 1 heterocycles. The first-order valence-electron chi connectivity index (χ1n) is 6.99. The van der Waals surface area contributed by atoms with Gasteiger partial charge in [0.1, 0.15) is 5.71 Å². The fourth-order valence-electron chi connectivity index (χ4n) is 2.25. The van der Waals surface area contributed by atoms with E-state index in [-0.39, 0.29) is 30.9 Å². The Hall–Kier alpha value is -2.41. The Morgan fingerprint density at radius 1 is 1.39 bits per heavy atom. The second-order valence-electron chi connectivity index (χ2n) is 5.11. The molecule has 2 amide bonds. The number of amides is 2. The monoisotopic (exact) mass is 337 g/mol. The zero-order chi connectivity index (χ0) is 17.0. The van der Waals surface area contributed by atoms with Crippen molar-refractivity contribution in [2.75, 3.05) is 7.05 Å². The number of rotatable bonds is 5. The number of hydrogen-bond acceptors (Lipinski definition) is 4. The highest BCUT2D eigenvalue weighted by atomic mass is 35.5. The van der Waals surface area contributed by atoms with Gasteiger partial charge in [0, 0.05) is 24.9 Å². The van der Waals surface area contributed by atoms with Gasteiger partial charge in [-0.15, -0.1) is 0 Å². The summed E-state index contributed by atoms with van der Waals surface area (Å²) in [5, 5.41) is 17.1. The largest absolute Gasteiger partial charge is 0.481 e. The SMILES string of the molecule is CN1N=C(C(=O)NC(CC(=O)O)c2ccccc2Cl)CCC1=O. The second-order valence-corrected chi connectivity index (χ2v) is 5.52. The van der Waals surface area contributed by atoms with Crippen LogP contribution in [-0.2, 0) is 14.4 Å². The van der Waals surface area contributed by atoms with Crippen LogP contribution in [0.4, 0.5) is 0 Å². The Morgan fingerprint density at radius 2 is 2.09 bits per heavy atom. The number of halogens is 1. The van der Waals surface area contributed by atoms with Crippen molar-refractivity contribution < 1.29 is 19.5 Å². The molecule has 0 saturated carbocycles. The van der Waals surface area contributed by atoms with Crippen LogP contribution < -0.4 is 5.32 Å². The Labute approximate surface area is 137 Å². The Morgan fingerprint density at radius 3 is 2.70 bits per heavy atom. The molecule has 0 radical (unpaired) electrons. The minimum absolute atomic E-state index is 0.172. The number of nitrogens with one attached hydrogen (secondary N) is 1. The molecule has 0 fully saturated rings. The van der Waals surface area contributed by atoms with Gasteiger partial charge in [-0.05, 0) is 11.6 Å². The van der Waals surface area contributed by atoms with E-state index in [1.165, 1.54) is 7.05 Å². The van der Waals surface area contributed by atoms with Gasteiger partial charge in [-0.1, -0.05) is 29.8 Å². The molecule has 23 heavy (non-hydrogen) atoms. The lowest BCUT2D eigenvalue weighted by molar-refractivity contribution is -0.137. The smallest absolute Gasteiger partial charge is 0.305 e. The maximum atomic E-state index is 12.3. The molecule has 1 atom stereocenters. The number of nitrogens with zero attached hydrogens (tertiary/aromatic N) is 2. The first-order chi connectivity index (χ1) is 10.9. The molecule has 0 saturated heterocycles. The number of carbonyl (C=O) groups excluding carboxylic acids is 2. The van der Waals surface area contributed by atoms with Gasteiger partial charge < -0.3 is 10.4 Å². The van der Waals surface area contributed by atoms with Gasteiger partial charge in [0.2, 0.25) is 5.91 Å². The van der Waals surface area contributed by atoms with E-state index in [1.807, 2.05) is 0 Å². The zero-order valence-electron chi connectivity index (χ0n) is 12.5. The van der Waals surface area contributed by atoms with E-state index < -0.39 is 17.9 Å². The van der Waals surface area contributed by atoms with Gasteiger partial charge in [0.05, 0.1) is 12.5 Å². The Bertz CT molecular complexity index is 674. The van der Waals surface area contributed by atoms with E-state index >= 15 is 0 Å². The topological polar surface area (TPSA) is 99.1 Å². The maximum absolute atomic E-state index is 12.3. The molecule has 2 N–H and O–H groups in total. The minimum Gasteiger partial charge on any atom is -0.481 e. The van der Waals surface area contributed by atoms with Crippen LogP contribution in [0.15, 0.2) is 29.4 Å². The molecule has 0 bridgehead atoms. The summed E-state index contributed by atoms with van der Waals surface area (Å²) >= 11 is 6.09. The lowest BCUT2D eigenvalue weighted by Gasteiger charge is -2.22. The van der Waals surface area contributed by atoms with Crippen molar-refractivity contribution in [1.82, 2.24) is 10.3 Å². The van der Waals surface area contributed by atoms with Gasteiger partial charge in [-0.25, -0.2) is 5.01 Å². The highest BCUT2D eigenvalue weighted by molar-refractivity contribution is 6.39. The first-order valence-corrected chi connectivity index (χ1v) is 7.37. The average Bonchev–Trinajstić information content (AvgIpc) is 2.49. The summed E-state index contributed by atoms with van der Waals surface area (Å²) in [5.74, 6) is -1.74. The number of carboxylic acid groups (broad SMARTS) is 1. The van der Waals surface area contributed by atoms with Crippen molar-refractivity contribution in [1.29, 1.82) is 0 Å². The number of carboxylic acids is 1. The average molecular weight is 338 g/mol. The molecule has 0 aliphatic carbocycles. The van der Waals surface area contributed by atoms with E-state index in [2.05, 4.69) is 10.4 Å². The van der Waals surface area contributed by atoms with Crippen LogP contribution in [0.5, 0.6) is 0 Å². The number of carbonyl (C=O) groups is 3. The van der Waals surface area contributed by atoms with Crippen molar-refractivity contribution in [2.24, 2.45) is 5.10 Å². The highest BCUT2D eigenvalue weighted by Gasteiger charge is 2.26. The van der Waals surface area contributed by atoms with Gasteiger partial charge in [-0.2, -0.15) is 5.10 Å². The molecule has 122 valence electrons. The van der Waals surface area contributed by atoms with E-state index in [4.69, 9.17) is 16.7 Å². The first kappa shape index (κ1) is 17.0. The van der Waals surface area contributed by atoms with Crippen LogP contribution in [0.25, 0.3) is 0 Å². The third-order valence-corrected chi connectivity index (χ3v) is 3.78. The quantitative estimate of drug-likeness (QED) is 0.852. The fraction of sp³-hybridized carbons (Fsp3) is 0.333. The third kappa shape index (κ3) is 4.29. The molecule has 1 unspecified atom stereocenters. The van der Waals surface area contributed by atoms with Gasteiger partial charge in [0.25, 0.3) is 5.91 Å². The van der Waals surface area contributed by atoms with Crippen molar-refractivity contribution >= 4 is 35.1 Å². The van der Waals surface area contributed by atoms with E-state index in [0.717, 1.165) is 5.01 Å². The van der Waals surface area contributed by atoms with Crippen LogP contribution in [0.2, 0.25) is 5.02 Å². The molecule has 1 aromatic rings. The normalized spacial score (nSPS) is 15.8. The molecule has 8 heteroatoms. The van der Waals surface area contributed by atoms with Crippen molar-refractivity contribution in [2.45, 2.75) is 25.3 Å². The summed E-state index contributed by atoms with van der Waals surface area (Å²) in [5.41, 5.74) is 0.709. The predicted molar refractivity (Wildman–Crippen MR) is 84.0 cm³/mol. The number of hydrazone groups is 1. The fourth-order valence-corrected chi connectivity index (χ4v) is 2.51. The molecular weight excluding hydrogens is 322 g/mol. The minimum atomic E-state index is -1.06. The summed E-state index contributed by atoms with van der Waals surface area (Å²) in [6.07, 6.45) is 0.104. The molecule has 7 nitrogen and oxygen atoms in total. The van der Waals surface area contributed by atoms with Crippen LogP contribution >= 0.6 is 11.6 Å². The van der Waals surface area contributed by atoms with Gasteiger partial charge >= 0.3 is 5.97 Å². The van der Waals surface area contributed by atoms with Crippen LogP contribution in [0.1, 0.15) is 30.9 Å². The zero-order valence-corrected chi connectivity index (χ0v) is 13.2. The van der Waals surface area contributed by atoms with E-state index in [0.29, 0.717) is 10.6 Å². The highest BCUT2D eigenvalue weighted by Crippen LogP contribution is 2.25. The van der Waals surface area contributed by atoms with Crippen LogP contribution in [0, 0.1) is 0 Å². The second kappa shape index (κ2) is 7.23. The summed E-state index contributed by atoms with van der Waals surface area (Å²) < 4.78 is 0. The lowest BCUT2D eigenvalue weighted by Crippen LogP contribution is -2.39. The molecule has 1 aliphatic heterocycles. The number of hydrogen-bond donors (Lipinski definition) is 2. The lowest BCUT2D eigenvalue weighted by atomic mass is 10.0. The van der Waals surface area contributed by atoms with Crippen LogP contribution in [0.3, 0.4) is 0 Å². The van der Waals surface area contributed by atoms with Crippen molar-refractivity contribution in [3.63, 3.8) is 0 Å². The van der Waals surface area contributed by atoms with E-state index in [1.54, 1.807) is 24.3 Å². The number of benzene rings is 1. The Balaban J connectivity index is 2.20. The third-order valence-electron chi connectivity index (χ3n) is 3.43. The van der Waals surface area contributed by atoms with Gasteiger partial charge in [0.15, 0.2) is 0 Å². The summed E-state index contributed by atoms with van der Waals surface area (Å²) in [6, 6.07) is 5.94. The standard InChI is InChI=1S/C15H16ClN3O4/c1-19-13(20)7-6-11(18-19)15(23)17-12(8-14(21)22)9-4-2-3-5-10(9)16/h2-5,12H,6-8H2,1H3,(H,17,23)(H,21,22). The van der Waals surface area contributed by atoms with E-state index in [9.17, 15) is 14.4 Å².